The largest absolute Gasteiger partial charge is 0.462 e. The quantitative estimate of drug-likeness (QED) is 0.558. The molecule has 16 heavy (non-hydrogen) atoms. The lowest BCUT2D eigenvalue weighted by Gasteiger charge is -2.18. The third-order valence-corrected chi connectivity index (χ3v) is 5.45. The van der Waals surface area contributed by atoms with Crippen molar-refractivity contribution in [1.29, 1.82) is 0 Å². The SMILES string of the molecule is CC(=O)OC[C@H](OC(C)=O)[C@H]1CC1(Br)CBr. The van der Waals surface area contributed by atoms with E-state index < -0.39 is 0 Å². The zero-order chi connectivity index (χ0) is 12.3. The summed E-state index contributed by atoms with van der Waals surface area (Å²) in [6, 6.07) is 0. The van der Waals surface area contributed by atoms with Crippen molar-refractivity contribution >= 4 is 43.8 Å². The molecule has 0 amide bonds. The third kappa shape index (κ3) is 3.73. The van der Waals surface area contributed by atoms with Crippen LogP contribution >= 0.6 is 31.9 Å². The molecule has 0 aromatic rings. The van der Waals surface area contributed by atoms with E-state index in [4.69, 9.17) is 9.47 Å². The van der Waals surface area contributed by atoms with Gasteiger partial charge >= 0.3 is 11.9 Å². The molecule has 1 aliphatic carbocycles. The Morgan fingerprint density at radius 2 is 2.06 bits per heavy atom. The molecule has 0 spiro atoms. The molecule has 1 rings (SSSR count). The van der Waals surface area contributed by atoms with Crippen molar-refractivity contribution in [1.82, 2.24) is 0 Å². The van der Waals surface area contributed by atoms with Crippen LogP contribution in [0.3, 0.4) is 0 Å². The molecule has 4 nitrogen and oxygen atoms in total. The van der Waals surface area contributed by atoms with E-state index in [2.05, 4.69) is 31.9 Å². The number of hydrogen-bond donors (Lipinski definition) is 0. The molecule has 1 fully saturated rings. The molecule has 1 aliphatic rings. The molecule has 1 unspecified atom stereocenters. The number of carbonyl (C=O) groups is 2. The van der Waals surface area contributed by atoms with Crippen molar-refractivity contribution in [3.8, 4) is 0 Å². The molecule has 0 aromatic heterocycles. The van der Waals surface area contributed by atoms with Crippen molar-refractivity contribution in [3.63, 3.8) is 0 Å². The molecule has 0 aliphatic heterocycles. The molecule has 0 aromatic carbocycles. The predicted octanol–water partition coefficient (Wildman–Crippen LogP) is 2.03. The van der Waals surface area contributed by atoms with E-state index in [1.54, 1.807) is 0 Å². The van der Waals surface area contributed by atoms with Crippen molar-refractivity contribution in [3.05, 3.63) is 0 Å². The van der Waals surface area contributed by atoms with Crippen molar-refractivity contribution in [2.75, 3.05) is 11.9 Å². The Morgan fingerprint density at radius 1 is 1.44 bits per heavy atom. The van der Waals surface area contributed by atoms with Crippen LogP contribution in [0.4, 0.5) is 0 Å². The standard InChI is InChI=1S/C10H14Br2O4/c1-6(13)15-4-9(16-7(2)14)8-3-10(8,12)5-11/h8-9H,3-5H2,1-2H3/t8-,9+,10?/m1/s1. The van der Waals surface area contributed by atoms with Gasteiger partial charge in [0.05, 0.1) is 0 Å². The van der Waals surface area contributed by atoms with Crippen LogP contribution < -0.4 is 0 Å². The number of carbonyl (C=O) groups excluding carboxylic acids is 2. The Hall–Kier alpha value is -0.100. The monoisotopic (exact) mass is 356 g/mol. The van der Waals surface area contributed by atoms with Gasteiger partial charge in [-0.15, -0.1) is 0 Å². The van der Waals surface area contributed by atoms with E-state index in [0.717, 1.165) is 11.8 Å². The van der Waals surface area contributed by atoms with Crippen molar-refractivity contribution in [2.45, 2.75) is 30.7 Å². The van der Waals surface area contributed by atoms with E-state index in [0.29, 0.717) is 0 Å². The molecular weight excluding hydrogens is 344 g/mol. The maximum atomic E-state index is 10.9. The maximum Gasteiger partial charge on any atom is 0.303 e. The highest BCUT2D eigenvalue weighted by molar-refractivity contribution is 9.12. The van der Waals surface area contributed by atoms with Crippen LogP contribution in [-0.2, 0) is 19.1 Å². The first-order valence-corrected chi connectivity index (χ1v) is 6.86. The van der Waals surface area contributed by atoms with E-state index in [1.807, 2.05) is 0 Å². The number of halogens is 2. The topological polar surface area (TPSA) is 52.6 Å². The van der Waals surface area contributed by atoms with Gasteiger partial charge in [0.25, 0.3) is 0 Å². The highest BCUT2D eigenvalue weighted by Crippen LogP contribution is 2.54. The summed E-state index contributed by atoms with van der Waals surface area (Å²) in [6.45, 7) is 2.82. The van der Waals surface area contributed by atoms with Gasteiger partial charge in [-0.25, -0.2) is 0 Å². The minimum atomic E-state index is -0.364. The lowest BCUT2D eigenvalue weighted by atomic mass is 10.2. The summed E-state index contributed by atoms with van der Waals surface area (Å²) in [5, 5.41) is 0.780. The molecule has 0 N–H and O–H groups in total. The molecule has 0 saturated heterocycles. The second-order valence-corrected chi connectivity index (χ2v) is 6.07. The van der Waals surface area contributed by atoms with Gasteiger partial charge in [-0.05, 0) is 6.42 Å². The first-order chi connectivity index (χ1) is 7.39. The van der Waals surface area contributed by atoms with E-state index in [-0.39, 0.29) is 34.9 Å². The van der Waals surface area contributed by atoms with Gasteiger partial charge in [0, 0.05) is 29.4 Å². The van der Waals surface area contributed by atoms with Crippen LogP contribution in [0.25, 0.3) is 0 Å². The van der Waals surface area contributed by atoms with Crippen molar-refractivity contribution in [2.24, 2.45) is 5.92 Å². The first kappa shape index (κ1) is 14.0. The normalized spacial score (nSPS) is 29.4. The Kier molecular flexibility index (Phi) is 4.79. The smallest absolute Gasteiger partial charge is 0.303 e. The molecule has 3 atom stereocenters. The summed E-state index contributed by atoms with van der Waals surface area (Å²) in [5.41, 5.74) is 0. The minimum Gasteiger partial charge on any atom is -0.462 e. The van der Waals surface area contributed by atoms with Gasteiger partial charge in [-0.2, -0.15) is 0 Å². The summed E-state index contributed by atoms with van der Waals surface area (Å²) >= 11 is 6.97. The average molecular weight is 358 g/mol. The van der Waals surface area contributed by atoms with E-state index >= 15 is 0 Å². The average Bonchev–Trinajstić information content (AvgIpc) is 2.85. The predicted molar refractivity (Wildman–Crippen MR) is 65.7 cm³/mol. The van der Waals surface area contributed by atoms with Crippen LogP contribution in [-0.4, -0.2) is 34.3 Å². The molecular formula is C10H14Br2O4. The Bertz CT molecular complexity index is 295. The van der Waals surface area contributed by atoms with E-state index in [9.17, 15) is 9.59 Å². The van der Waals surface area contributed by atoms with Crippen LogP contribution in [0.1, 0.15) is 20.3 Å². The number of hydrogen-bond acceptors (Lipinski definition) is 4. The lowest BCUT2D eigenvalue weighted by molar-refractivity contribution is -0.157. The number of rotatable bonds is 5. The molecule has 1 saturated carbocycles. The van der Waals surface area contributed by atoms with Crippen LogP contribution in [0, 0.1) is 5.92 Å². The van der Waals surface area contributed by atoms with Gasteiger partial charge < -0.3 is 9.47 Å². The van der Waals surface area contributed by atoms with Crippen molar-refractivity contribution < 1.29 is 19.1 Å². The van der Waals surface area contributed by atoms with Gasteiger partial charge in [-0.1, -0.05) is 31.9 Å². The highest BCUT2D eigenvalue weighted by atomic mass is 79.9. The summed E-state index contributed by atoms with van der Waals surface area (Å²) in [4.78, 5) is 21.7. The van der Waals surface area contributed by atoms with Gasteiger partial charge in [0.2, 0.25) is 0 Å². The highest BCUT2D eigenvalue weighted by Gasteiger charge is 2.56. The van der Waals surface area contributed by atoms with Gasteiger partial charge in [0.1, 0.15) is 12.7 Å². The first-order valence-electron chi connectivity index (χ1n) is 4.94. The maximum absolute atomic E-state index is 10.9. The zero-order valence-corrected chi connectivity index (χ0v) is 12.3. The Morgan fingerprint density at radius 3 is 2.44 bits per heavy atom. The molecule has 0 heterocycles. The molecule has 92 valence electrons. The number of esters is 2. The van der Waals surface area contributed by atoms with Gasteiger partial charge in [0.15, 0.2) is 0 Å². The number of alkyl halides is 2. The summed E-state index contributed by atoms with van der Waals surface area (Å²) in [6.07, 6.45) is 0.538. The summed E-state index contributed by atoms with van der Waals surface area (Å²) < 4.78 is 10.0. The fourth-order valence-electron chi connectivity index (χ4n) is 1.57. The fourth-order valence-corrected chi connectivity index (χ4v) is 2.86. The molecule has 0 bridgehead atoms. The van der Waals surface area contributed by atoms with Crippen LogP contribution in [0.2, 0.25) is 0 Å². The summed E-state index contributed by atoms with van der Waals surface area (Å²) in [5.74, 6) is -0.527. The lowest BCUT2D eigenvalue weighted by Crippen LogP contribution is -2.29. The zero-order valence-electron chi connectivity index (χ0n) is 9.16. The van der Waals surface area contributed by atoms with Crippen LogP contribution in [0.15, 0.2) is 0 Å². The molecule has 6 heteroatoms. The second kappa shape index (κ2) is 5.49. The Balaban J connectivity index is 2.52. The minimum absolute atomic E-state index is 0.0345. The summed E-state index contributed by atoms with van der Waals surface area (Å²) in [7, 11) is 0. The third-order valence-electron chi connectivity index (χ3n) is 2.50. The van der Waals surface area contributed by atoms with Gasteiger partial charge in [-0.3, -0.25) is 9.59 Å². The second-order valence-electron chi connectivity index (χ2n) is 3.93. The molecule has 0 radical (unpaired) electrons. The van der Waals surface area contributed by atoms with E-state index in [1.165, 1.54) is 13.8 Å². The van der Waals surface area contributed by atoms with Crippen LogP contribution in [0.5, 0.6) is 0 Å². The number of ether oxygens (including phenoxy) is 2. The fraction of sp³-hybridized carbons (Fsp3) is 0.800. The Labute approximate surface area is 111 Å².